The molecule has 3 heteroatoms. The second kappa shape index (κ2) is 7.78. The Bertz CT molecular complexity index is 435. The van der Waals surface area contributed by atoms with Crippen molar-refractivity contribution in [3.8, 4) is 0 Å². The Balaban J connectivity index is 0.00000144. The molecule has 0 atom stereocenters. The molecular weight excluding hydrogens is 342 g/mol. The van der Waals surface area contributed by atoms with Crippen molar-refractivity contribution in [1.82, 2.24) is 0 Å². The van der Waals surface area contributed by atoms with Crippen LogP contribution in [0.4, 0.5) is 0 Å². The van der Waals surface area contributed by atoms with Gasteiger partial charge in [-0.05, 0) is 0 Å². The summed E-state index contributed by atoms with van der Waals surface area (Å²) in [5, 5.41) is 0. The van der Waals surface area contributed by atoms with Crippen LogP contribution in [0.15, 0.2) is 42.0 Å². The van der Waals surface area contributed by atoms with E-state index in [0.29, 0.717) is 0 Å². The third-order valence-corrected chi connectivity index (χ3v) is 11.8. The van der Waals surface area contributed by atoms with E-state index in [-0.39, 0.29) is 24.8 Å². The molecule has 0 aromatic rings. The topological polar surface area (TPSA) is 0 Å². The van der Waals surface area contributed by atoms with Gasteiger partial charge in [0.05, 0.1) is 0 Å². The van der Waals surface area contributed by atoms with Gasteiger partial charge in [-0.25, -0.2) is 0 Å². The minimum Gasteiger partial charge on any atom is -1.00 e. The molecular formula is C15H20Cl2Zr. The van der Waals surface area contributed by atoms with Crippen LogP contribution in [0.5, 0.6) is 0 Å². The van der Waals surface area contributed by atoms with Gasteiger partial charge < -0.3 is 24.8 Å². The molecule has 0 saturated carbocycles. The fraction of sp³-hybridized carbons (Fsp3) is 0.400. The maximum Gasteiger partial charge on any atom is -1.00 e. The van der Waals surface area contributed by atoms with Crippen molar-refractivity contribution in [3.05, 3.63) is 42.0 Å². The summed E-state index contributed by atoms with van der Waals surface area (Å²) in [4.78, 5) is 0. The van der Waals surface area contributed by atoms with Gasteiger partial charge in [0.15, 0.2) is 0 Å². The van der Waals surface area contributed by atoms with Gasteiger partial charge in [0.2, 0.25) is 0 Å². The van der Waals surface area contributed by atoms with Crippen LogP contribution in [-0.2, 0) is 21.3 Å². The smallest absolute Gasteiger partial charge is 1.00 e. The molecule has 0 aromatic heterocycles. The number of rotatable bonds is 2. The Labute approximate surface area is 131 Å². The molecule has 0 saturated heterocycles. The zero-order valence-corrected chi connectivity index (χ0v) is 15.4. The molecule has 18 heavy (non-hydrogen) atoms. The average molecular weight is 362 g/mol. The van der Waals surface area contributed by atoms with E-state index in [1.54, 1.807) is 20.9 Å². The molecule has 0 amide bonds. The van der Waals surface area contributed by atoms with Crippen LogP contribution in [-0.4, -0.2) is 3.21 Å². The summed E-state index contributed by atoms with van der Waals surface area (Å²) in [5.41, 5.74) is 3.12. The standard InChI is InChI=1S/2C6H7.C3H6.2ClH.Zr/c2*1-6-4-2-3-5-6;1-3-2;;;/h2*2,4H,3H2,1H3;1-2H3;2*1H;/q;;;;;+2/p-2. The monoisotopic (exact) mass is 360 g/mol. The summed E-state index contributed by atoms with van der Waals surface area (Å²) in [6, 6.07) is 0. The van der Waals surface area contributed by atoms with Crippen LogP contribution in [0.2, 0.25) is 0 Å². The van der Waals surface area contributed by atoms with Gasteiger partial charge in [-0.15, -0.1) is 0 Å². The van der Waals surface area contributed by atoms with Gasteiger partial charge >= 0.3 is 107 Å². The SMILES string of the molecule is CC1=[C]([Zr+2]([C]2=C(C)C=CC2)=[C](C)C)CC=C1.[Cl-].[Cl-]. The van der Waals surface area contributed by atoms with Crippen LogP contribution < -0.4 is 24.8 Å². The molecule has 0 aliphatic heterocycles. The Hall–Kier alpha value is 0.293. The Morgan fingerprint density at radius 1 is 0.889 bits per heavy atom. The predicted molar refractivity (Wildman–Crippen MR) is 69.3 cm³/mol. The normalized spacial score (nSPS) is 16.4. The zero-order valence-electron chi connectivity index (χ0n) is 11.5. The van der Waals surface area contributed by atoms with Crippen LogP contribution >= 0.6 is 0 Å². The first-order valence-corrected chi connectivity index (χ1v) is 9.70. The van der Waals surface area contributed by atoms with Crippen LogP contribution in [0.3, 0.4) is 0 Å². The minimum absolute atomic E-state index is 0. The number of halogens is 2. The summed E-state index contributed by atoms with van der Waals surface area (Å²) in [7, 11) is 0. The van der Waals surface area contributed by atoms with Crippen LogP contribution in [0.1, 0.15) is 40.5 Å². The number of hydrogen-bond donors (Lipinski definition) is 0. The van der Waals surface area contributed by atoms with Crippen molar-refractivity contribution >= 4 is 3.21 Å². The minimum atomic E-state index is -1.62. The first kappa shape index (κ1) is 18.3. The molecule has 0 bridgehead atoms. The third-order valence-electron chi connectivity index (χ3n) is 3.44. The third kappa shape index (κ3) is 3.65. The van der Waals surface area contributed by atoms with Crippen molar-refractivity contribution in [2.45, 2.75) is 40.5 Å². The van der Waals surface area contributed by atoms with Crippen molar-refractivity contribution < 1.29 is 46.1 Å². The molecule has 0 spiro atoms. The molecule has 2 aliphatic rings. The molecule has 98 valence electrons. The molecule has 0 fully saturated rings. The van der Waals surface area contributed by atoms with E-state index in [2.05, 4.69) is 52.0 Å². The second-order valence-electron chi connectivity index (χ2n) is 4.91. The van der Waals surface area contributed by atoms with E-state index in [0.717, 1.165) is 0 Å². The molecule has 0 heterocycles. The fourth-order valence-electron chi connectivity index (χ4n) is 2.61. The van der Waals surface area contributed by atoms with Crippen molar-refractivity contribution in [2.75, 3.05) is 0 Å². The fourth-order valence-corrected chi connectivity index (χ4v) is 10.4. The average Bonchev–Trinajstić information content (AvgIpc) is 2.79. The van der Waals surface area contributed by atoms with E-state index in [1.807, 2.05) is 0 Å². The quantitative estimate of drug-likeness (QED) is 0.549. The van der Waals surface area contributed by atoms with E-state index in [4.69, 9.17) is 0 Å². The summed E-state index contributed by atoms with van der Waals surface area (Å²) in [6.45, 7) is 9.29. The largest absolute Gasteiger partial charge is 1.00 e. The van der Waals surface area contributed by atoms with Gasteiger partial charge in [0.25, 0.3) is 0 Å². The molecule has 0 unspecified atom stereocenters. The Morgan fingerprint density at radius 2 is 1.28 bits per heavy atom. The number of allylic oxidation sites excluding steroid dienone is 8. The van der Waals surface area contributed by atoms with E-state index < -0.39 is 21.3 Å². The van der Waals surface area contributed by atoms with Crippen molar-refractivity contribution in [1.29, 1.82) is 0 Å². The summed E-state index contributed by atoms with van der Waals surface area (Å²) >= 11 is -1.62. The summed E-state index contributed by atoms with van der Waals surface area (Å²) < 4.78 is 5.33. The molecule has 0 aromatic carbocycles. The summed E-state index contributed by atoms with van der Waals surface area (Å²) in [5.74, 6) is 0. The first-order valence-electron chi connectivity index (χ1n) is 6.02. The van der Waals surface area contributed by atoms with Crippen LogP contribution in [0, 0.1) is 0 Å². The molecule has 0 radical (unpaired) electrons. The Kier molecular flexibility index (Phi) is 7.91. The maximum absolute atomic E-state index is 2.35. The van der Waals surface area contributed by atoms with Crippen LogP contribution in [0.25, 0.3) is 0 Å². The molecule has 2 aliphatic carbocycles. The van der Waals surface area contributed by atoms with Gasteiger partial charge in [0, 0.05) is 0 Å². The van der Waals surface area contributed by atoms with Gasteiger partial charge in [0.1, 0.15) is 0 Å². The number of hydrogen-bond acceptors (Lipinski definition) is 0. The van der Waals surface area contributed by atoms with Gasteiger partial charge in [-0.2, -0.15) is 0 Å². The van der Waals surface area contributed by atoms with Crippen molar-refractivity contribution in [2.24, 2.45) is 0 Å². The Morgan fingerprint density at radius 3 is 1.50 bits per heavy atom. The second-order valence-corrected chi connectivity index (χ2v) is 12.2. The molecule has 0 nitrogen and oxygen atoms in total. The summed E-state index contributed by atoms with van der Waals surface area (Å²) in [6.07, 6.45) is 11.8. The first-order chi connectivity index (χ1) is 7.61. The zero-order chi connectivity index (χ0) is 11.7. The predicted octanol–water partition coefficient (Wildman–Crippen LogP) is -1.71. The van der Waals surface area contributed by atoms with E-state index >= 15 is 0 Å². The van der Waals surface area contributed by atoms with Crippen molar-refractivity contribution in [3.63, 3.8) is 0 Å². The van der Waals surface area contributed by atoms with Gasteiger partial charge in [-0.1, -0.05) is 0 Å². The molecule has 2 rings (SSSR count). The maximum atomic E-state index is 2.35. The van der Waals surface area contributed by atoms with Gasteiger partial charge in [-0.3, -0.25) is 0 Å². The van der Waals surface area contributed by atoms with E-state index in [9.17, 15) is 0 Å². The van der Waals surface area contributed by atoms with E-state index in [1.165, 1.54) is 12.8 Å². The molecule has 0 N–H and O–H groups in total.